The maximum atomic E-state index is 9.72. The Labute approximate surface area is 153 Å². The first-order valence-electron chi connectivity index (χ1n) is 8.42. The highest BCUT2D eigenvalue weighted by Crippen LogP contribution is 2.27. The summed E-state index contributed by atoms with van der Waals surface area (Å²) in [6.45, 7) is 6.32. The molecule has 0 aliphatic rings. The summed E-state index contributed by atoms with van der Waals surface area (Å²) in [5.74, 6) is 1.14. The third-order valence-corrected chi connectivity index (χ3v) is 4.02. The molecule has 0 aliphatic heterocycles. The van der Waals surface area contributed by atoms with Crippen molar-refractivity contribution in [3.8, 4) is 17.5 Å². The van der Waals surface area contributed by atoms with E-state index in [-0.39, 0.29) is 5.41 Å². The van der Waals surface area contributed by atoms with Gasteiger partial charge in [0.05, 0.1) is 11.3 Å². The molecule has 3 rings (SSSR count). The van der Waals surface area contributed by atoms with Crippen LogP contribution in [0.15, 0.2) is 36.5 Å². The van der Waals surface area contributed by atoms with Crippen molar-refractivity contribution in [3.63, 3.8) is 0 Å². The molecule has 0 saturated heterocycles. The third kappa shape index (κ3) is 3.42. The van der Waals surface area contributed by atoms with Gasteiger partial charge in [-0.1, -0.05) is 51.1 Å². The summed E-state index contributed by atoms with van der Waals surface area (Å²) >= 11 is 0. The van der Waals surface area contributed by atoms with Gasteiger partial charge in [-0.3, -0.25) is 4.68 Å². The van der Waals surface area contributed by atoms with Gasteiger partial charge in [0.2, 0.25) is 0 Å². The molecule has 0 unspecified atom stereocenters. The van der Waals surface area contributed by atoms with E-state index < -0.39 is 0 Å². The highest BCUT2D eigenvalue weighted by molar-refractivity contribution is 5.88. The molecular formula is C20H22N6. The average molecular weight is 346 g/mol. The van der Waals surface area contributed by atoms with Gasteiger partial charge in [0.1, 0.15) is 6.07 Å². The normalized spacial score (nSPS) is 12.2. The van der Waals surface area contributed by atoms with E-state index in [2.05, 4.69) is 42.0 Å². The number of allylic oxidation sites excluding steroid dienone is 1. The first kappa shape index (κ1) is 17.6. The zero-order valence-corrected chi connectivity index (χ0v) is 15.7. The average Bonchev–Trinajstić information content (AvgIpc) is 3.16. The molecule has 0 spiro atoms. The molecule has 0 aliphatic carbocycles. The van der Waals surface area contributed by atoms with Crippen molar-refractivity contribution in [2.75, 3.05) is 0 Å². The minimum absolute atomic E-state index is 0.122. The zero-order valence-electron chi connectivity index (χ0n) is 15.7. The van der Waals surface area contributed by atoms with Gasteiger partial charge >= 0.3 is 0 Å². The molecule has 6 heteroatoms. The SMILES string of the molecule is Cn1cc(/C=C(\C#N)c2nc(-c3ccccc3)nn2C)c(C(C)(C)C)n1. The van der Waals surface area contributed by atoms with E-state index in [4.69, 9.17) is 0 Å². The molecule has 0 fully saturated rings. The third-order valence-electron chi connectivity index (χ3n) is 4.02. The highest BCUT2D eigenvalue weighted by Gasteiger charge is 2.22. The van der Waals surface area contributed by atoms with Crippen molar-refractivity contribution >= 4 is 11.6 Å². The van der Waals surface area contributed by atoms with Crippen LogP contribution in [0, 0.1) is 11.3 Å². The Kier molecular flexibility index (Phi) is 4.47. The van der Waals surface area contributed by atoms with Crippen LogP contribution in [0.5, 0.6) is 0 Å². The van der Waals surface area contributed by atoms with E-state index >= 15 is 0 Å². The predicted octanol–water partition coefficient (Wildman–Crippen LogP) is 3.58. The minimum atomic E-state index is -0.122. The second-order valence-corrected chi connectivity index (χ2v) is 7.28. The van der Waals surface area contributed by atoms with Gasteiger partial charge in [0.25, 0.3) is 0 Å². The molecule has 2 aromatic heterocycles. The number of aryl methyl sites for hydroxylation is 2. The smallest absolute Gasteiger partial charge is 0.181 e. The summed E-state index contributed by atoms with van der Waals surface area (Å²) < 4.78 is 3.41. The molecule has 0 atom stereocenters. The lowest BCUT2D eigenvalue weighted by molar-refractivity contribution is 0.552. The maximum absolute atomic E-state index is 9.72. The molecule has 26 heavy (non-hydrogen) atoms. The van der Waals surface area contributed by atoms with Crippen LogP contribution in [0.4, 0.5) is 0 Å². The summed E-state index contributed by atoms with van der Waals surface area (Å²) in [5.41, 5.74) is 3.12. The summed E-state index contributed by atoms with van der Waals surface area (Å²) in [6.07, 6.45) is 3.76. The van der Waals surface area contributed by atoms with Crippen molar-refractivity contribution in [1.82, 2.24) is 24.5 Å². The summed E-state index contributed by atoms with van der Waals surface area (Å²) in [4.78, 5) is 4.58. The van der Waals surface area contributed by atoms with Crippen LogP contribution in [-0.4, -0.2) is 24.5 Å². The Bertz CT molecular complexity index is 993. The molecule has 6 nitrogen and oxygen atoms in total. The fourth-order valence-corrected chi connectivity index (χ4v) is 2.83. The Morgan fingerprint density at radius 2 is 1.81 bits per heavy atom. The molecular weight excluding hydrogens is 324 g/mol. The predicted molar refractivity (Wildman–Crippen MR) is 102 cm³/mol. The first-order chi connectivity index (χ1) is 12.3. The van der Waals surface area contributed by atoms with Crippen LogP contribution in [0.25, 0.3) is 23.0 Å². The van der Waals surface area contributed by atoms with E-state index in [1.54, 1.807) is 16.4 Å². The number of benzene rings is 1. The lowest BCUT2D eigenvalue weighted by atomic mass is 9.89. The van der Waals surface area contributed by atoms with Gasteiger partial charge < -0.3 is 0 Å². The van der Waals surface area contributed by atoms with Crippen molar-refractivity contribution in [2.45, 2.75) is 26.2 Å². The quantitative estimate of drug-likeness (QED) is 0.680. The topological polar surface area (TPSA) is 72.3 Å². The van der Waals surface area contributed by atoms with Crippen molar-refractivity contribution in [1.29, 1.82) is 5.26 Å². The van der Waals surface area contributed by atoms with E-state index in [0.717, 1.165) is 16.8 Å². The molecule has 3 aromatic rings. The van der Waals surface area contributed by atoms with Crippen LogP contribution in [-0.2, 0) is 19.5 Å². The molecule has 0 N–H and O–H groups in total. The maximum Gasteiger partial charge on any atom is 0.181 e. The first-order valence-corrected chi connectivity index (χ1v) is 8.42. The van der Waals surface area contributed by atoms with Crippen molar-refractivity contribution in [2.24, 2.45) is 14.1 Å². The van der Waals surface area contributed by atoms with Crippen LogP contribution in [0.3, 0.4) is 0 Å². The molecule has 0 amide bonds. The van der Waals surface area contributed by atoms with E-state index in [0.29, 0.717) is 17.2 Å². The number of rotatable bonds is 3. The molecule has 0 radical (unpaired) electrons. The molecule has 132 valence electrons. The number of nitrogens with zero attached hydrogens (tertiary/aromatic N) is 6. The number of hydrogen-bond donors (Lipinski definition) is 0. The Balaban J connectivity index is 2.08. The van der Waals surface area contributed by atoms with Gasteiger partial charge in [-0.15, -0.1) is 0 Å². The molecule has 0 saturated carbocycles. The van der Waals surface area contributed by atoms with Gasteiger partial charge in [-0.2, -0.15) is 15.5 Å². The summed E-state index contributed by atoms with van der Waals surface area (Å²) in [7, 11) is 3.68. The lowest BCUT2D eigenvalue weighted by Gasteiger charge is -2.16. The molecule has 1 aromatic carbocycles. The van der Waals surface area contributed by atoms with E-state index in [9.17, 15) is 5.26 Å². The fourth-order valence-electron chi connectivity index (χ4n) is 2.83. The van der Waals surface area contributed by atoms with Crippen LogP contribution in [0.2, 0.25) is 0 Å². The second kappa shape index (κ2) is 6.60. The van der Waals surface area contributed by atoms with Crippen LogP contribution >= 0.6 is 0 Å². The van der Waals surface area contributed by atoms with E-state index in [1.165, 1.54) is 0 Å². The molecule has 2 heterocycles. The van der Waals surface area contributed by atoms with Crippen molar-refractivity contribution < 1.29 is 0 Å². The fraction of sp³-hybridized carbons (Fsp3) is 0.300. The van der Waals surface area contributed by atoms with Gasteiger partial charge in [-0.05, 0) is 6.08 Å². The number of nitriles is 1. The van der Waals surface area contributed by atoms with Crippen molar-refractivity contribution in [3.05, 3.63) is 53.6 Å². The number of aromatic nitrogens is 5. The van der Waals surface area contributed by atoms with Gasteiger partial charge in [0, 0.05) is 36.8 Å². The van der Waals surface area contributed by atoms with Crippen LogP contribution in [0.1, 0.15) is 37.9 Å². The monoisotopic (exact) mass is 346 g/mol. The highest BCUT2D eigenvalue weighted by atomic mass is 15.3. The zero-order chi connectivity index (χ0) is 18.9. The summed E-state index contributed by atoms with van der Waals surface area (Å²) in [5, 5.41) is 18.7. The Morgan fingerprint density at radius 1 is 1.12 bits per heavy atom. The lowest BCUT2D eigenvalue weighted by Crippen LogP contribution is -2.14. The Hall–Kier alpha value is -3.20. The van der Waals surface area contributed by atoms with Gasteiger partial charge in [0.15, 0.2) is 11.6 Å². The summed E-state index contributed by atoms with van der Waals surface area (Å²) in [6, 6.07) is 12.0. The minimum Gasteiger partial charge on any atom is -0.275 e. The Morgan fingerprint density at radius 3 is 2.42 bits per heavy atom. The molecule has 0 bridgehead atoms. The number of hydrogen-bond acceptors (Lipinski definition) is 4. The second-order valence-electron chi connectivity index (χ2n) is 7.28. The van der Waals surface area contributed by atoms with E-state index in [1.807, 2.05) is 49.7 Å². The van der Waals surface area contributed by atoms with Crippen LogP contribution < -0.4 is 0 Å². The standard InChI is InChI=1S/C20H22N6/c1-20(2,3)17-16(13-25(4)23-17)11-15(12-21)19-22-18(24-26(19)5)14-9-7-6-8-10-14/h6-11,13H,1-5H3/b15-11+. The largest absolute Gasteiger partial charge is 0.275 e. The van der Waals surface area contributed by atoms with Gasteiger partial charge in [-0.25, -0.2) is 9.67 Å².